The molecule has 2 aromatic heterocycles. The van der Waals surface area contributed by atoms with Gasteiger partial charge in [0.2, 0.25) is 23.5 Å². The molecule has 0 unspecified atom stereocenters. The minimum absolute atomic E-state index is 0.103. The second-order valence-electron chi connectivity index (χ2n) is 5.40. The Balaban J connectivity index is 1.50. The van der Waals surface area contributed by atoms with E-state index < -0.39 is 6.04 Å². The third kappa shape index (κ3) is 4.16. The molecular weight excluding hydrogens is 316 g/mol. The second kappa shape index (κ2) is 7.36. The molecule has 2 N–H and O–H groups in total. The molecule has 23 heavy (non-hydrogen) atoms. The molecule has 0 aliphatic carbocycles. The van der Waals surface area contributed by atoms with Crippen LogP contribution in [-0.4, -0.2) is 34.5 Å². The van der Waals surface area contributed by atoms with Gasteiger partial charge in [-0.1, -0.05) is 11.2 Å². The van der Waals surface area contributed by atoms with Gasteiger partial charge in [-0.2, -0.15) is 4.98 Å². The zero-order valence-corrected chi connectivity index (χ0v) is 13.4. The molecule has 1 aliphatic heterocycles. The molecule has 122 valence electrons. The third-order valence-corrected chi connectivity index (χ3v) is 4.51. The van der Waals surface area contributed by atoms with Crippen LogP contribution in [0.25, 0.3) is 10.7 Å². The van der Waals surface area contributed by atoms with Crippen LogP contribution in [0.15, 0.2) is 22.0 Å². The summed E-state index contributed by atoms with van der Waals surface area (Å²) in [6.07, 6.45) is 3.14. The Morgan fingerprint density at radius 1 is 1.48 bits per heavy atom. The van der Waals surface area contributed by atoms with Crippen molar-refractivity contribution in [1.82, 2.24) is 20.8 Å². The molecule has 7 nitrogen and oxygen atoms in total. The van der Waals surface area contributed by atoms with Gasteiger partial charge in [-0.25, -0.2) is 0 Å². The Morgan fingerprint density at radius 3 is 3.22 bits per heavy atom. The third-order valence-electron chi connectivity index (χ3n) is 3.65. The molecule has 1 aliphatic rings. The lowest BCUT2D eigenvalue weighted by Crippen LogP contribution is -2.45. The van der Waals surface area contributed by atoms with E-state index >= 15 is 0 Å². The van der Waals surface area contributed by atoms with E-state index in [1.54, 1.807) is 0 Å². The summed E-state index contributed by atoms with van der Waals surface area (Å²) in [4.78, 5) is 29.0. The van der Waals surface area contributed by atoms with E-state index in [1.807, 2.05) is 17.5 Å². The first-order valence-electron chi connectivity index (χ1n) is 7.66. The van der Waals surface area contributed by atoms with Crippen molar-refractivity contribution in [2.45, 2.75) is 38.1 Å². The van der Waals surface area contributed by atoms with Gasteiger partial charge >= 0.3 is 0 Å². The first kappa shape index (κ1) is 15.7. The van der Waals surface area contributed by atoms with Crippen molar-refractivity contribution in [2.75, 3.05) is 6.54 Å². The van der Waals surface area contributed by atoms with E-state index in [9.17, 15) is 9.59 Å². The van der Waals surface area contributed by atoms with Crippen LogP contribution < -0.4 is 10.6 Å². The number of nitrogens with one attached hydrogen (secondary N) is 2. The van der Waals surface area contributed by atoms with Gasteiger partial charge in [-0.05, 0) is 30.7 Å². The summed E-state index contributed by atoms with van der Waals surface area (Å²) in [5.74, 6) is 0.684. The number of amides is 2. The molecule has 1 saturated heterocycles. The number of hydrogen-bond donors (Lipinski definition) is 2. The van der Waals surface area contributed by atoms with E-state index in [-0.39, 0.29) is 18.2 Å². The molecule has 8 heteroatoms. The molecule has 2 aromatic rings. The quantitative estimate of drug-likeness (QED) is 0.864. The van der Waals surface area contributed by atoms with Crippen molar-refractivity contribution in [2.24, 2.45) is 0 Å². The van der Waals surface area contributed by atoms with E-state index in [2.05, 4.69) is 20.8 Å². The topological polar surface area (TPSA) is 97.1 Å². The number of nitrogens with zero attached hydrogens (tertiary/aromatic N) is 2. The number of rotatable bonds is 5. The van der Waals surface area contributed by atoms with Crippen LogP contribution in [0.1, 0.15) is 31.6 Å². The van der Waals surface area contributed by atoms with Crippen LogP contribution in [-0.2, 0) is 16.0 Å². The van der Waals surface area contributed by atoms with Crippen molar-refractivity contribution in [1.29, 1.82) is 0 Å². The molecule has 1 fully saturated rings. The summed E-state index contributed by atoms with van der Waals surface area (Å²) >= 11 is 1.53. The van der Waals surface area contributed by atoms with Crippen LogP contribution in [0, 0.1) is 0 Å². The average molecular weight is 334 g/mol. The van der Waals surface area contributed by atoms with Crippen molar-refractivity contribution in [3.05, 3.63) is 23.4 Å². The standard InChI is InChI=1S/C15H18N4O3S/c20-12(17-10-4-1-2-8-16-15(10)21)6-7-13-18-14(19-22-13)11-5-3-9-23-11/h3,5,9-10H,1-2,4,6-8H2,(H,16,21)(H,17,20)/t10-/m0/s1. The molecule has 1 atom stereocenters. The number of aryl methyl sites for hydroxylation is 1. The first-order valence-corrected chi connectivity index (χ1v) is 8.54. The molecule has 2 amide bonds. The number of aromatic nitrogens is 2. The highest BCUT2D eigenvalue weighted by Crippen LogP contribution is 2.21. The van der Waals surface area contributed by atoms with Gasteiger partial charge in [0.05, 0.1) is 4.88 Å². The summed E-state index contributed by atoms with van der Waals surface area (Å²) in [5.41, 5.74) is 0. The molecule has 0 saturated carbocycles. The van der Waals surface area contributed by atoms with Crippen LogP contribution in [0.4, 0.5) is 0 Å². The smallest absolute Gasteiger partial charge is 0.242 e. The van der Waals surface area contributed by atoms with Gasteiger partial charge in [0.25, 0.3) is 0 Å². The van der Waals surface area contributed by atoms with Crippen molar-refractivity contribution in [3.63, 3.8) is 0 Å². The summed E-state index contributed by atoms with van der Waals surface area (Å²) < 4.78 is 5.16. The van der Waals surface area contributed by atoms with Gasteiger partial charge in [0.15, 0.2) is 0 Å². The first-order chi connectivity index (χ1) is 11.2. The van der Waals surface area contributed by atoms with Crippen LogP contribution in [0.5, 0.6) is 0 Å². The largest absolute Gasteiger partial charge is 0.354 e. The van der Waals surface area contributed by atoms with Crippen molar-refractivity contribution < 1.29 is 14.1 Å². The van der Waals surface area contributed by atoms with E-state index in [0.717, 1.165) is 17.7 Å². The fourth-order valence-corrected chi connectivity index (χ4v) is 3.08. The Morgan fingerprint density at radius 2 is 2.39 bits per heavy atom. The zero-order valence-electron chi connectivity index (χ0n) is 12.6. The Labute approximate surface area is 137 Å². The van der Waals surface area contributed by atoms with Crippen molar-refractivity contribution >= 4 is 23.2 Å². The van der Waals surface area contributed by atoms with Gasteiger partial charge in [-0.3, -0.25) is 9.59 Å². The summed E-state index contributed by atoms with van der Waals surface area (Å²) in [7, 11) is 0. The van der Waals surface area contributed by atoms with Gasteiger partial charge in [0, 0.05) is 19.4 Å². The van der Waals surface area contributed by atoms with E-state index in [4.69, 9.17) is 4.52 Å². The summed E-state index contributed by atoms with van der Waals surface area (Å²) in [6, 6.07) is 3.40. The highest BCUT2D eigenvalue weighted by atomic mass is 32.1. The average Bonchev–Trinajstić information content (AvgIpc) is 3.18. The minimum atomic E-state index is -0.436. The predicted octanol–water partition coefficient (Wildman–Crippen LogP) is 1.52. The lowest BCUT2D eigenvalue weighted by Gasteiger charge is -2.14. The molecular formula is C15H18N4O3S. The predicted molar refractivity (Wildman–Crippen MR) is 84.7 cm³/mol. The van der Waals surface area contributed by atoms with Crippen LogP contribution >= 0.6 is 11.3 Å². The molecule has 0 spiro atoms. The number of hydrogen-bond acceptors (Lipinski definition) is 6. The molecule has 0 radical (unpaired) electrons. The fourth-order valence-electron chi connectivity index (χ4n) is 2.43. The maximum Gasteiger partial charge on any atom is 0.242 e. The van der Waals surface area contributed by atoms with E-state index in [0.29, 0.717) is 31.1 Å². The van der Waals surface area contributed by atoms with Gasteiger partial charge in [0.1, 0.15) is 6.04 Å². The SMILES string of the molecule is O=C(CCc1nc(-c2cccs2)no1)N[C@H]1CCCCNC1=O. The molecule has 3 rings (SSSR count). The Bertz CT molecular complexity index is 668. The van der Waals surface area contributed by atoms with Crippen LogP contribution in [0.3, 0.4) is 0 Å². The normalized spacial score (nSPS) is 18.3. The summed E-state index contributed by atoms with van der Waals surface area (Å²) in [5, 5.41) is 11.4. The highest BCUT2D eigenvalue weighted by Gasteiger charge is 2.22. The fraction of sp³-hybridized carbons (Fsp3) is 0.467. The lowest BCUT2D eigenvalue weighted by molar-refractivity contribution is -0.128. The van der Waals surface area contributed by atoms with Crippen molar-refractivity contribution in [3.8, 4) is 10.7 Å². The zero-order chi connectivity index (χ0) is 16.1. The van der Waals surface area contributed by atoms with E-state index in [1.165, 1.54) is 11.3 Å². The summed E-state index contributed by atoms with van der Waals surface area (Å²) in [6.45, 7) is 0.679. The molecule has 0 bridgehead atoms. The number of carbonyl (C=O) groups is 2. The highest BCUT2D eigenvalue weighted by molar-refractivity contribution is 7.13. The maximum absolute atomic E-state index is 12.0. The molecule has 3 heterocycles. The van der Waals surface area contributed by atoms with Gasteiger partial charge < -0.3 is 15.2 Å². The number of thiophene rings is 1. The molecule has 0 aromatic carbocycles. The minimum Gasteiger partial charge on any atom is -0.354 e. The van der Waals surface area contributed by atoms with Crippen LogP contribution in [0.2, 0.25) is 0 Å². The Kier molecular flexibility index (Phi) is 5.02. The number of carbonyl (C=O) groups excluding carboxylic acids is 2. The lowest BCUT2D eigenvalue weighted by atomic mass is 10.1. The second-order valence-corrected chi connectivity index (χ2v) is 6.34. The maximum atomic E-state index is 12.0. The monoisotopic (exact) mass is 334 g/mol. The Hall–Kier alpha value is -2.22. The van der Waals surface area contributed by atoms with Gasteiger partial charge in [-0.15, -0.1) is 11.3 Å².